The van der Waals surface area contributed by atoms with E-state index >= 15 is 0 Å². The van der Waals surface area contributed by atoms with Crippen LogP contribution in [-0.4, -0.2) is 21.1 Å². The van der Waals surface area contributed by atoms with Gasteiger partial charge >= 0.3 is 5.51 Å². The van der Waals surface area contributed by atoms with E-state index in [1.165, 1.54) is 36.5 Å². The summed E-state index contributed by atoms with van der Waals surface area (Å²) in [4.78, 5) is 12.0. The van der Waals surface area contributed by atoms with Gasteiger partial charge < -0.3 is 0 Å². The van der Waals surface area contributed by atoms with Crippen LogP contribution < -0.4 is 0 Å². The smallest absolute Gasteiger partial charge is 0.289 e. The fourth-order valence-corrected chi connectivity index (χ4v) is 2.25. The van der Waals surface area contributed by atoms with E-state index in [1.54, 1.807) is 17.0 Å². The third-order valence-electron chi connectivity index (χ3n) is 2.78. The molecular weight excluding hydrogens is 313 g/mol. The molecule has 0 radical (unpaired) electrons. The highest BCUT2D eigenvalue weighted by atomic mass is 32.2. The van der Waals surface area contributed by atoms with Gasteiger partial charge in [0.15, 0.2) is 5.78 Å². The lowest BCUT2D eigenvalue weighted by Gasteiger charge is -2.05. The summed E-state index contributed by atoms with van der Waals surface area (Å²) in [6.07, 6.45) is 6.07. The zero-order valence-electron chi connectivity index (χ0n) is 11.7. The van der Waals surface area contributed by atoms with Crippen molar-refractivity contribution in [1.29, 1.82) is 0 Å². The van der Waals surface area contributed by atoms with Crippen LogP contribution in [0.5, 0.6) is 0 Å². The number of hydrogen-bond acceptors (Lipinski definition) is 3. The quantitative estimate of drug-likeness (QED) is 0.464. The van der Waals surface area contributed by atoms with Crippen LogP contribution in [-0.2, 0) is 6.54 Å². The van der Waals surface area contributed by atoms with Crippen LogP contribution in [0.15, 0.2) is 47.6 Å². The van der Waals surface area contributed by atoms with E-state index in [1.807, 2.05) is 6.92 Å². The molecule has 1 aromatic carbocycles. The molecule has 0 N–H and O–H groups in total. The molecule has 0 aliphatic heterocycles. The molecule has 1 aromatic heterocycles. The number of nitrogens with zero attached hydrogens (tertiary/aromatic N) is 2. The minimum absolute atomic E-state index is 0.111. The Hall–Kier alpha value is -2.02. The van der Waals surface area contributed by atoms with Gasteiger partial charge in [0.2, 0.25) is 0 Å². The number of aromatic nitrogens is 2. The SMILES string of the molecule is CCn1cc(C(=O)/C=C/c2ccc(SC(F)(F)F)cc2)cn1. The Kier molecular flexibility index (Phi) is 5.07. The van der Waals surface area contributed by atoms with Crippen molar-refractivity contribution in [2.24, 2.45) is 0 Å². The molecule has 116 valence electrons. The Labute approximate surface area is 129 Å². The topological polar surface area (TPSA) is 34.9 Å². The fourth-order valence-electron chi connectivity index (χ4n) is 1.71. The minimum atomic E-state index is -4.30. The van der Waals surface area contributed by atoms with Gasteiger partial charge in [-0.15, -0.1) is 0 Å². The third-order valence-corrected chi connectivity index (χ3v) is 3.52. The molecule has 0 unspecified atom stereocenters. The number of ketones is 1. The molecule has 7 heteroatoms. The maximum Gasteiger partial charge on any atom is 0.446 e. The highest BCUT2D eigenvalue weighted by Gasteiger charge is 2.28. The van der Waals surface area contributed by atoms with Gasteiger partial charge in [0.25, 0.3) is 0 Å². The summed E-state index contributed by atoms with van der Waals surface area (Å²) in [7, 11) is 0. The van der Waals surface area contributed by atoms with Gasteiger partial charge in [0.1, 0.15) is 0 Å². The lowest BCUT2D eigenvalue weighted by atomic mass is 10.1. The maximum atomic E-state index is 12.2. The number of carbonyl (C=O) groups is 1. The van der Waals surface area contributed by atoms with Gasteiger partial charge in [0, 0.05) is 17.6 Å². The lowest BCUT2D eigenvalue weighted by Crippen LogP contribution is -1.98. The fraction of sp³-hybridized carbons (Fsp3) is 0.200. The van der Waals surface area contributed by atoms with E-state index in [0.717, 1.165) is 0 Å². The van der Waals surface area contributed by atoms with Crippen molar-refractivity contribution >= 4 is 23.6 Å². The number of benzene rings is 1. The predicted octanol–water partition coefficient (Wildman–Crippen LogP) is 4.41. The normalized spacial score (nSPS) is 12.0. The Bertz CT molecular complexity index is 675. The summed E-state index contributed by atoms with van der Waals surface area (Å²) >= 11 is -0.166. The monoisotopic (exact) mass is 326 g/mol. The summed E-state index contributed by atoms with van der Waals surface area (Å²) in [6.45, 7) is 2.59. The van der Waals surface area contributed by atoms with Crippen molar-refractivity contribution in [2.45, 2.75) is 23.9 Å². The lowest BCUT2D eigenvalue weighted by molar-refractivity contribution is -0.0328. The molecular formula is C15H13F3N2OS. The summed E-state index contributed by atoms with van der Waals surface area (Å²) in [5.41, 5.74) is -3.17. The standard InChI is InChI=1S/C15H13F3N2OS/c1-2-20-10-12(9-19-20)14(21)8-5-11-3-6-13(7-4-11)22-15(16,17)18/h3-10H,2H2,1H3/b8-5+. The Balaban J connectivity index is 2.02. The third kappa shape index (κ3) is 4.77. The summed E-state index contributed by atoms with van der Waals surface area (Å²) in [5.74, 6) is -0.201. The van der Waals surface area contributed by atoms with Crippen LogP contribution in [0.25, 0.3) is 6.08 Å². The Morgan fingerprint density at radius 2 is 2.00 bits per heavy atom. The molecule has 0 fully saturated rings. The Morgan fingerprint density at radius 1 is 1.32 bits per heavy atom. The minimum Gasteiger partial charge on any atom is -0.289 e. The van der Waals surface area contributed by atoms with E-state index in [4.69, 9.17) is 0 Å². The average Bonchev–Trinajstić information content (AvgIpc) is 2.93. The van der Waals surface area contributed by atoms with Gasteiger partial charge in [-0.3, -0.25) is 9.48 Å². The number of aryl methyl sites for hydroxylation is 1. The Morgan fingerprint density at radius 3 is 2.55 bits per heavy atom. The van der Waals surface area contributed by atoms with Crippen LogP contribution in [0, 0.1) is 0 Å². The average molecular weight is 326 g/mol. The molecule has 0 atom stereocenters. The van der Waals surface area contributed by atoms with Gasteiger partial charge in [-0.2, -0.15) is 18.3 Å². The molecule has 0 bridgehead atoms. The largest absolute Gasteiger partial charge is 0.446 e. The van der Waals surface area contributed by atoms with Crippen molar-refractivity contribution in [3.63, 3.8) is 0 Å². The van der Waals surface area contributed by atoms with Crippen LogP contribution in [0.1, 0.15) is 22.8 Å². The molecule has 0 amide bonds. The van der Waals surface area contributed by atoms with Crippen LogP contribution >= 0.6 is 11.8 Å². The first-order valence-corrected chi connectivity index (χ1v) is 7.29. The first kappa shape index (κ1) is 16.4. The molecule has 0 aliphatic rings. The zero-order chi connectivity index (χ0) is 16.2. The van der Waals surface area contributed by atoms with Gasteiger partial charge in [-0.25, -0.2) is 0 Å². The van der Waals surface area contributed by atoms with Crippen molar-refractivity contribution < 1.29 is 18.0 Å². The molecule has 2 aromatic rings. The van der Waals surface area contributed by atoms with E-state index < -0.39 is 5.51 Å². The van der Waals surface area contributed by atoms with Crippen molar-refractivity contribution in [3.05, 3.63) is 53.9 Å². The second-order valence-electron chi connectivity index (χ2n) is 4.40. The number of halogens is 3. The number of thioether (sulfide) groups is 1. The second kappa shape index (κ2) is 6.83. The molecule has 1 heterocycles. The summed E-state index contributed by atoms with van der Waals surface area (Å²) in [5, 5.41) is 4.01. The molecule has 0 saturated carbocycles. The highest BCUT2D eigenvalue weighted by Crippen LogP contribution is 2.36. The molecule has 0 spiro atoms. The van der Waals surface area contributed by atoms with Gasteiger partial charge in [-0.05, 0) is 42.5 Å². The van der Waals surface area contributed by atoms with Gasteiger partial charge in [-0.1, -0.05) is 18.2 Å². The van der Waals surface area contributed by atoms with Crippen LogP contribution in [0.4, 0.5) is 13.2 Å². The summed E-state index contributed by atoms with van der Waals surface area (Å²) in [6, 6.07) is 5.81. The maximum absolute atomic E-state index is 12.2. The van der Waals surface area contributed by atoms with Crippen LogP contribution in [0.3, 0.4) is 0 Å². The number of allylic oxidation sites excluding steroid dienone is 1. The zero-order valence-corrected chi connectivity index (χ0v) is 12.5. The first-order valence-electron chi connectivity index (χ1n) is 6.48. The molecule has 0 aliphatic carbocycles. The number of rotatable bonds is 5. The predicted molar refractivity (Wildman–Crippen MR) is 79.6 cm³/mol. The molecule has 0 saturated heterocycles. The van der Waals surface area contributed by atoms with E-state index in [2.05, 4.69) is 5.10 Å². The number of carbonyl (C=O) groups excluding carboxylic acids is 1. The second-order valence-corrected chi connectivity index (χ2v) is 5.54. The van der Waals surface area contributed by atoms with Crippen molar-refractivity contribution in [3.8, 4) is 0 Å². The molecule has 2 rings (SSSR count). The number of alkyl halides is 3. The highest BCUT2D eigenvalue weighted by molar-refractivity contribution is 8.00. The number of hydrogen-bond donors (Lipinski definition) is 0. The van der Waals surface area contributed by atoms with E-state index in [-0.39, 0.29) is 22.4 Å². The van der Waals surface area contributed by atoms with Crippen LogP contribution in [0.2, 0.25) is 0 Å². The van der Waals surface area contributed by atoms with E-state index in [0.29, 0.717) is 17.7 Å². The van der Waals surface area contributed by atoms with E-state index in [9.17, 15) is 18.0 Å². The van der Waals surface area contributed by atoms with Gasteiger partial charge in [0.05, 0.1) is 11.8 Å². The van der Waals surface area contributed by atoms with Crippen molar-refractivity contribution in [1.82, 2.24) is 9.78 Å². The first-order chi connectivity index (χ1) is 10.4. The summed E-state index contributed by atoms with van der Waals surface area (Å²) < 4.78 is 38.3. The molecule has 3 nitrogen and oxygen atoms in total. The van der Waals surface area contributed by atoms with Crippen molar-refractivity contribution in [2.75, 3.05) is 0 Å². The molecule has 22 heavy (non-hydrogen) atoms.